The van der Waals surface area contributed by atoms with Crippen LogP contribution in [-0.2, 0) is 11.2 Å². The number of nitrogens with zero attached hydrogens (tertiary/aromatic N) is 2. The van der Waals surface area contributed by atoms with Crippen LogP contribution in [0.2, 0.25) is 0 Å². The minimum atomic E-state index is -0.359. The highest BCUT2D eigenvalue weighted by atomic mass is 32.1. The van der Waals surface area contributed by atoms with Crippen molar-refractivity contribution in [2.24, 2.45) is 0 Å². The molecule has 0 saturated heterocycles. The van der Waals surface area contributed by atoms with E-state index in [4.69, 9.17) is 9.47 Å². The van der Waals surface area contributed by atoms with E-state index in [9.17, 15) is 9.59 Å². The quantitative estimate of drug-likeness (QED) is 0.874. The van der Waals surface area contributed by atoms with E-state index in [2.05, 4.69) is 14.7 Å². The molecule has 7 nitrogen and oxygen atoms in total. The van der Waals surface area contributed by atoms with Crippen LogP contribution in [0.5, 0.6) is 11.5 Å². The number of hydrogen-bond acceptors (Lipinski definition) is 7. The van der Waals surface area contributed by atoms with Crippen LogP contribution in [0, 0.1) is 0 Å². The Hall–Kier alpha value is -2.48. The number of methoxy groups -OCH3 is 2. The average Bonchev–Trinajstić information content (AvgIpc) is 2.92. The number of carbonyl (C=O) groups excluding carboxylic acids is 2. The van der Waals surface area contributed by atoms with Crippen LogP contribution in [0.4, 0.5) is 5.13 Å². The molecule has 0 saturated carbocycles. The standard InChI is InChI=1S/C14H15N3O4S/c1-8(18)4-12-15-14(22-17-12)16-13(19)9-5-10(20-2)7-11(6-9)21-3/h5-7H,4H2,1-3H3,(H,15,16,17,19). The first-order valence-corrected chi connectivity index (χ1v) is 7.15. The van der Waals surface area contributed by atoms with Crippen molar-refractivity contribution in [2.45, 2.75) is 13.3 Å². The second kappa shape index (κ2) is 6.99. The molecule has 1 heterocycles. The number of hydrogen-bond donors (Lipinski definition) is 1. The molecule has 1 aromatic carbocycles. The molecule has 8 heteroatoms. The summed E-state index contributed by atoms with van der Waals surface area (Å²) in [5.41, 5.74) is 0.375. The number of benzene rings is 1. The third-order valence-electron chi connectivity index (χ3n) is 2.71. The largest absolute Gasteiger partial charge is 0.497 e. The number of nitrogens with one attached hydrogen (secondary N) is 1. The Balaban J connectivity index is 2.14. The van der Waals surface area contributed by atoms with E-state index in [-0.39, 0.29) is 18.1 Å². The van der Waals surface area contributed by atoms with Gasteiger partial charge >= 0.3 is 0 Å². The van der Waals surface area contributed by atoms with Gasteiger partial charge in [0.1, 0.15) is 17.3 Å². The van der Waals surface area contributed by atoms with Crippen LogP contribution in [-0.4, -0.2) is 35.3 Å². The summed E-state index contributed by atoms with van der Waals surface area (Å²) in [5, 5.41) is 2.97. The van der Waals surface area contributed by atoms with Crippen molar-refractivity contribution >= 4 is 28.4 Å². The summed E-state index contributed by atoms with van der Waals surface area (Å²) in [6.07, 6.45) is 0.152. The Labute approximate surface area is 131 Å². The number of amides is 1. The van der Waals surface area contributed by atoms with E-state index in [1.54, 1.807) is 18.2 Å². The van der Waals surface area contributed by atoms with Gasteiger partial charge in [-0.05, 0) is 19.1 Å². The van der Waals surface area contributed by atoms with Crippen LogP contribution in [0.3, 0.4) is 0 Å². The molecule has 0 atom stereocenters. The number of ketones is 1. The van der Waals surface area contributed by atoms with Crippen molar-refractivity contribution in [3.8, 4) is 11.5 Å². The van der Waals surface area contributed by atoms with Gasteiger partial charge in [0.2, 0.25) is 5.13 Å². The van der Waals surface area contributed by atoms with Crippen LogP contribution >= 0.6 is 11.5 Å². The molecule has 0 spiro atoms. The van der Waals surface area contributed by atoms with Crippen LogP contribution in [0.15, 0.2) is 18.2 Å². The van der Waals surface area contributed by atoms with E-state index in [0.29, 0.717) is 28.0 Å². The molecule has 0 aliphatic heterocycles. The molecule has 0 radical (unpaired) electrons. The van der Waals surface area contributed by atoms with E-state index in [1.807, 2.05) is 0 Å². The van der Waals surface area contributed by atoms with E-state index >= 15 is 0 Å². The van der Waals surface area contributed by atoms with Crippen LogP contribution < -0.4 is 14.8 Å². The molecular formula is C14H15N3O4S. The fourth-order valence-corrected chi connectivity index (χ4v) is 2.29. The summed E-state index contributed by atoms with van der Waals surface area (Å²) in [4.78, 5) is 27.3. The summed E-state index contributed by atoms with van der Waals surface area (Å²) < 4.78 is 14.3. The highest BCUT2D eigenvalue weighted by Gasteiger charge is 2.13. The molecule has 1 aromatic heterocycles. The SMILES string of the molecule is COc1cc(OC)cc(C(=O)Nc2nc(CC(C)=O)ns2)c1. The Bertz CT molecular complexity index is 677. The highest BCUT2D eigenvalue weighted by Crippen LogP contribution is 2.23. The fraction of sp³-hybridized carbons (Fsp3) is 0.286. The predicted molar refractivity (Wildman–Crippen MR) is 81.8 cm³/mol. The molecule has 22 heavy (non-hydrogen) atoms. The van der Waals surface area contributed by atoms with Gasteiger partial charge in [-0.1, -0.05) is 0 Å². The zero-order valence-corrected chi connectivity index (χ0v) is 13.2. The van der Waals surface area contributed by atoms with Crippen molar-refractivity contribution < 1.29 is 19.1 Å². The maximum Gasteiger partial charge on any atom is 0.257 e. The Morgan fingerprint density at radius 2 is 1.82 bits per heavy atom. The van der Waals surface area contributed by atoms with Gasteiger partial charge in [-0.3, -0.25) is 14.9 Å². The zero-order chi connectivity index (χ0) is 16.1. The molecule has 1 N–H and O–H groups in total. The van der Waals surface area contributed by atoms with E-state index < -0.39 is 0 Å². The molecular weight excluding hydrogens is 306 g/mol. The molecule has 0 aliphatic carbocycles. The van der Waals surface area contributed by atoms with Crippen molar-refractivity contribution in [2.75, 3.05) is 19.5 Å². The smallest absolute Gasteiger partial charge is 0.257 e. The third-order valence-corrected chi connectivity index (χ3v) is 3.38. The van der Waals surface area contributed by atoms with Crippen molar-refractivity contribution in [3.63, 3.8) is 0 Å². The van der Waals surface area contributed by atoms with Crippen molar-refractivity contribution in [1.29, 1.82) is 0 Å². The lowest BCUT2D eigenvalue weighted by molar-refractivity contribution is -0.116. The molecule has 116 valence electrons. The first-order chi connectivity index (χ1) is 10.5. The lowest BCUT2D eigenvalue weighted by Crippen LogP contribution is -2.12. The average molecular weight is 321 g/mol. The molecule has 0 unspecified atom stereocenters. The maximum atomic E-state index is 12.2. The Morgan fingerprint density at radius 1 is 1.18 bits per heavy atom. The Morgan fingerprint density at radius 3 is 2.36 bits per heavy atom. The second-order valence-electron chi connectivity index (χ2n) is 4.45. The van der Waals surface area contributed by atoms with Crippen LogP contribution in [0.25, 0.3) is 0 Å². The number of carbonyl (C=O) groups is 2. The van der Waals surface area contributed by atoms with E-state index in [0.717, 1.165) is 11.5 Å². The first-order valence-electron chi connectivity index (χ1n) is 6.38. The summed E-state index contributed by atoms with van der Waals surface area (Å²) >= 11 is 1.03. The normalized spacial score (nSPS) is 10.1. The summed E-state index contributed by atoms with van der Waals surface area (Å²) in [7, 11) is 3.02. The molecule has 2 aromatic rings. The Kier molecular flexibility index (Phi) is 5.05. The topological polar surface area (TPSA) is 90.4 Å². The fourth-order valence-electron chi connectivity index (χ4n) is 1.71. The molecule has 2 rings (SSSR count). The number of aromatic nitrogens is 2. The summed E-state index contributed by atoms with van der Waals surface area (Å²) in [5.74, 6) is 1.03. The summed E-state index contributed by atoms with van der Waals surface area (Å²) in [6.45, 7) is 1.46. The predicted octanol–water partition coefficient (Wildman–Crippen LogP) is 1.94. The highest BCUT2D eigenvalue weighted by molar-refractivity contribution is 7.09. The third kappa shape index (κ3) is 4.01. The van der Waals surface area contributed by atoms with Gasteiger partial charge in [-0.2, -0.15) is 4.37 Å². The number of ether oxygens (including phenoxy) is 2. The minimum Gasteiger partial charge on any atom is -0.497 e. The molecule has 0 bridgehead atoms. The van der Waals surface area contributed by atoms with Gasteiger partial charge < -0.3 is 9.47 Å². The van der Waals surface area contributed by atoms with Gasteiger partial charge in [0.05, 0.1) is 20.6 Å². The van der Waals surface area contributed by atoms with Gasteiger partial charge in [-0.15, -0.1) is 0 Å². The number of anilines is 1. The first kappa shape index (κ1) is 15.9. The van der Waals surface area contributed by atoms with E-state index in [1.165, 1.54) is 21.1 Å². The maximum absolute atomic E-state index is 12.2. The lowest BCUT2D eigenvalue weighted by Gasteiger charge is -2.07. The molecule has 1 amide bonds. The minimum absolute atomic E-state index is 0.0341. The number of rotatable bonds is 6. The lowest BCUT2D eigenvalue weighted by atomic mass is 10.2. The zero-order valence-electron chi connectivity index (χ0n) is 12.4. The molecule has 0 fully saturated rings. The van der Waals surface area contributed by atoms with Crippen molar-refractivity contribution in [1.82, 2.24) is 9.36 Å². The van der Waals surface area contributed by atoms with Gasteiger partial charge in [-0.25, -0.2) is 4.98 Å². The van der Waals surface area contributed by atoms with Crippen LogP contribution in [0.1, 0.15) is 23.1 Å². The van der Waals surface area contributed by atoms with Gasteiger partial charge in [0.15, 0.2) is 5.82 Å². The van der Waals surface area contributed by atoms with Gasteiger partial charge in [0.25, 0.3) is 5.91 Å². The monoisotopic (exact) mass is 321 g/mol. The number of Topliss-reactive ketones (excluding diaryl/α,β-unsaturated/α-hetero) is 1. The molecule has 0 aliphatic rings. The summed E-state index contributed by atoms with van der Waals surface area (Å²) in [6, 6.07) is 4.86. The van der Waals surface area contributed by atoms with Gasteiger partial charge in [0, 0.05) is 23.2 Å². The second-order valence-corrected chi connectivity index (χ2v) is 5.20. The van der Waals surface area contributed by atoms with Crippen molar-refractivity contribution in [3.05, 3.63) is 29.6 Å².